The third-order valence-corrected chi connectivity index (χ3v) is 10.1. The number of thiophene rings is 1. The Labute approximate surface area is 251 Å². The van der Waals surface area contributed by atoms with Gasteiger partial charge in [0, 0.05) is 43.0 Å². The van der Waals surface area contributed by atoms with Gasteiger partial charge in [0.05, 0.1) is 10.5 Å². The number of hydrazine groups is 1. The Morgan fingerprint density at radius 1 is 1.00 bits per heavy atom. The molecule has 42 heavy (non-hydrogen) atoms. The van der Waals surface area contributed by atoms with Crippen LogP contribution in [-0.2, 0) is 34.3 Å². The van der Waals surface area contributed by atoms with Crippen LogP contribution in [-0.4, -0.2) is 54.5 Å². The molecule has 224 valence electrons. The van der Waals surface area contributed by atoms with Crippen molar-refractivity contribution >= 4 is 44.1 Å². The average molecular weight is 612 g/mol. The van der Waals surface area contributed by atoms with Crippen LogP contribution in [0.3, 0.4) is 0 Å². The molecule has 0 spiro atoms. The second-order valence-corrected chi connectivity index (χ2v) is 13.5. The number of nitrogens with one attached hydrogen (secondary N) is 3. The molecule has 0 bridgehead atoms. The number of hydrogen-bond donors (Lipinski definition) is 3. The number of carbonyl (C=O) groups is 3. The summed E-state index contributed by atoms with van der Waals surface area (Å²) >= 11 is 1.34. The van der Waals surface area contributed by atoms with Crippen LogP contribution in [0.5, 0.6) is 0 Å². The minimum absolute atomic E-state index is 0.0849. The number of hydrogen-bond acceptors (Lipinski definition) is 7. The van der Waals surface area contributed by atoms with Gasteiger partial charge in [-0.3, -0.25) is 30.1 Å². The number of carbonyl (C=O) groups excluding carboxylic acids is 3. The highest BCUT2D eigenvalue weighted by molar-refractivity contribution is 7.89. The minimum Gasteiger partial charge on any atom is -0.313 e. The van der Waals surface area contributed by atoms with E-state index >= 15 is 0 Å². The van der Waals surface area contributed by atoms with Gasteiger partial charge in [0.15, 0.2) is 0 Å². The maximum atomic E-state index is 13.5. The van der Waals surface area contributed by atoms with E-state index in [1.165, 1.54) is 46.8 Å². The van der Waals surface area contributed by atoms with Gasteiger partial charge in [-0.25, -0.2) is 8.42 Å². The van der Waals surface area contributed by atoms with Crippen LogP contribution in [0, 0.1) is 0 Å². The van der Waals surface area contributed by atoms with Crippen molar-refractivity contribution in [1.82, 2.24) is 20.1 Å². The van der Waals surface area contributed by atoms with E-state index in [4.69, 9.17) is 0 Å². The molecule has 0 radical (unpaired) electrons. The summed E-state index contributed by atoms with van der Waals surface area (Å²) in [5.41, 5.74) is 7.05. The van der Waals surface area contributed by atoms with E-state index in [1.807, 2.05) is 44.2 Å². The van der Waals surface area contributed by atoms with Gasteiger partial charge in [0.2, 0.25) is 15.9 Å². The molecule has 2 heterocycles. The van der Waals surface area contributed by atoms with E-state index in [0.717, 1.165) is 35.5 Å². The van der Waals surface area contributed by atoms with Gasteiger partial charge in [-0.1, -0.05) is 37.3 Å². The molecule has 0 aliphatic carbocycles. The first-order valence-corrected chi connectivity index (χ1v) is 16.2. The molecule has 3 aromatic rings. The van der Waals surface area contributed by atoms with Crippen LogP contribution in [0.2, 0.25) is 0 Å². The number of benzene rings is 2. The van der Waals surface area contributed by atoms with Crippen molar-refractivity contribution in [1.29, 1.82) is 0 Å². The molecule has 0 unspecified atom stereocenters. The maximum absolute atomic E-state index is 13.5. The van der Waals surface area contributed by atoms with Crippen molar-refractivity contribution in [2.75, 3.05) is 18.4 Å². The maximum Gasteiger partial charge on any atom is 0.272 e. The highest BCUT2D eigenvalue weighted by atomic mass is 32.2. The van der Waals surface area contributed by atoms with Gasteiger partial charge in [0.25, 0.3) is 11.8 Å². The summed E-state index contributed by atoms with van der Waals surface area (Å²) in [6.07, 6.45) is 1.65. The summed E-state index contributed by atoms with van der Waals surface area (Å²) in [7, 11) is -3.83. The minimum atomic E-state index is -3.83. The van der Waals surface area contributed by atoms with E-state index in [2.05, 4.69) is 28.0 Å². The van der Waals surface area contributed by atoms with Gasteiger partial charge in [-0.15, -0.1) is 11.3 Å². The largest absolute Gasteiger partial charge is 0.313 e. The predicted molar refractivity (Wildman–Crippen MR) is 164 cm³/mol. The highest BCUT2D eigenvalue weighted by Crippen LogP contribution is 2.37. The van der Waals surface area contributed by atoms with Crippen LogP contribution in [0.1, 0.15) is 70.8 Å². The lowest BCUT2D eigenvalue weighted by atomic mass is 10.0. The van der Waals surface area contributed by atoms with Crippen molar-refractivity contribution in [3.63, 3.8) is 0 Å². The lowest BCUT2D eigenvalue weighted by Gasteiger charge is -2.26. The van der Waals surface area contributed by atoms with Gasteiger partial charge >= 0.3 is 0 Å². The molecule has 1 aliphatic rings. The quantitative estimate of drug-likeness (QED) is 0.296. The first kappa shape index (κ1) is 31.4. The molecule has 12 heteroatoms. The van der Waals surface area contributed by atoms with Crippen LogP contribution >= 0.6 is 11.3 Å². The summed E-state index contributed by atoms with van der Waals surface area (Å²) < 4.78 is 28.5. The van der Waals surface area contributed by atoms with E-state index in [-0.39, 0.29) is 23.0 Å². The third-order valence-electron chi connectivity index (χ3n) is 6.96. The van der Waals surface area contributed by atoms with E-state index in [1.54, 1.807) is 0 Å². The molecular weight excluding hydrogens is 574 g/mol. The monoisotopic (exact) mass is 611 g/mol. The fourth-order valence-corrected chi connectivity index (χ4v) is 7.80. The van der Waals surface area contributed by atoms with Crippen molar-refractivity contribution in [3.05, 3.63) is 81.7 Å². The number of fused-ring (bicyclic) bond motifs is 1. The lowest BCUT2D eigenvalue weighted by molar-refractivity contribution is -0.119. The highest BCUT2D eigenvalue weighted by Gasteiger charge is 2.30. The standard InChI is InChI=1S/C30H37N5O5S2/c1-5-16-34-17-15-25-26(19-34)41-30(27(25)29(38)33-32-21(4)36)31-28(37)23-11-13-24(14-12-23)42(39,40)35(20(2)3)18-22-9-7-6-8-10-22/h6-14,20H,5,15-19H2,1-4H3,(H,31,37)(H,32,36)(H,33,38). The summed E-state index contributed by atoms with van der Waals surface area (Å²) in [6, 6.07) is 14.9. The summed E-state index contributed by atoms with van der Waals surface area (Å²) in [5.74, 6) is -1.39. The van der Waals surface area contributed by atoms with E-state index < -0.39 is 27.7 Å². The molecular formula is C30H37N5O5S2. The summed E-state index contributed by atoms with van der Waals surface area (Å²) in [4.78, 5) is 41.2. The Hall–Kier alpha value is -3.58. The van der Waals surface area contributed by atoms with Gasteiger partial charge < -0.3 is 5.32 Å². The Morgan fingerprint density at radius 3 is 2.31 bits per heavy atom. The first-order valence-electron chi connectivity index (χ1n) is 13.9. The number of sulfonamides is 1. The normalized spacial score (nSPS) is 13.6. The van der Waals surface area contributed by atoms with Crippen LogP contribution in [0.25, 0.3) is 0 Å². The zero-order valence-electron chi connectivity index (χ0n) is 24.3. The topological polar surface area (TPSA) is 128 Å². The first-order chi connectivity index (χ1) is 20.0. The fraction of sp³-hybridized carbons (Fsp3) is 0.367. The van der Waals surface area contributed by atoms with Crippen molar-refractivity contribution < 1.29 is 22.8 Å². The lowest BCUT2D eigenvalue weighted by Crippen LogP contribution is -2.41. The molecule has 1 aromatic heterocycles. The third kappa shape index (κ3) is 7.24. The zero-order valence-corrected chi connectivity index (χ0v) is 25.9. The number of nitrogens with zero attached hydrogens (tertiary/aromatic N) is 2. The average Bonchev–Trinajstić information content (AvgIpc) is 3.32. The molecule has 4 rings (SSSR count). The molecule has 0 fully saturated rings. The summed E-state index contributed by atoms with van der Waals surface area (Å²) in [5, 5.41) is 3.24. The molecule has 2 aromatic carbocycles. The number of anilines is 1. The Morgan fingerprint density at radius 2 is 1.69 bits per heavy atom. The zero-order chi connectivity index (χ0) is 30.4. The van der Waals surface area contributed by atoms with Crippen LogP contribution in [0.4, 0.5) is 5.00 Å². The smallest absolute Gasteiger partial charge is 0.272 e. The molecule has 3 amide bonds. The summed E-state index contributed by atoms with van der Waals surface area (Å²) in [6.45, 7) is 9.67. The number of rotatable bonds is 10. The van der Waals surface area contributed by atoms with E-state index in [9.17, 15) is 22.8 Å². The van der Waals surface area contributed by atoms with Crippen molar-refractivity contribution in [2.24, 2.45) is 0 Å². The second-order valence-electron chi connectivity index (χ2n) is 10.5. The Balaban J connectivity index is 1.56. The molecule has 1 aliphatic heterocycles. The molecule has 0 atom stereocenters. The predicted octanol–water partition coefficient (Wildman–Crippen LogP) is 4.15. The Bertz CT molecular complexity index is 1540. The number of amides is 3. The van der Waals surface area contributed by atoms with Gasteiger partial charge in [-0.2, -0.15) is 4.31 Å². The SMILES string of the molecule is CCCN1CCc2c(sc(NC(=O)c3ccc(S(=O)(=O)N(Cc4ccccc4)C(C)C)cc3)c2C(=O)NNC(C)=O)C1. The second kappa shape index (κ2) is 13.6. The van der Waals surface area contributed by atoms with Crippen LogP contribution in [0.15, 0.2) is 59.5 Å². The molecule has 3 N–H and O–H groups in total. The molecule has 10 nitrogen and oxygen atoms in total. The van der Waals surface area contributed by atoms with Crippen molar-refractivity contribution in [3.8, 4) is 0 Å². The molecule has 0 saturated heterocycles. The van der Waals surface area contributed by atoms with Gasteiger partial charge in [0.1, 0.15) is 5.00 Å². The van der Waals surface area contributed by atoms with Crippen molar-refractivity contribution in [2.45, 2.75) is 64.6 Å². The van der Waals surface area contributed by atoms with Gasteiger partial charge in [-0.05, 0) is 68.6 Å². The van der Waals surface area contributed by atoms with E-state index in [0.29, 0.717) is 23.5 Å². The molecule has 0 saturated carbocycles. The Kier molecular flexibility index (Phi) is 10.2. The van der Waals surface area contributed by atoms with Crippen LogP contribution < -0.4 is 16.2 Å². The fourth-order valence-electron chi connectivity index (χ4n) is 4.90.